The summed E-state index contributed by atoms with van der Waals surface area (Å²) < 4.78 is 16.6. The lowest BCUT2D eigenvalue weighted by atomic mass is 9.68. The molecule has 0 fully saturated rings. The number of methoxy groups -OCH3 is 2. The largest absolute Gasteiger partial charge is 0.508 e. The molecule has 0 saturated heterocycles. The van der Waals surface area contributed by atoms with Gasteiger partial charge < -0.3 is 29.5 Å². The summed E-state index contributed by atoms with van der Waals surface area (Å²) in [5, 5.41) is 30.1. The van der Waals surface area contributed by atoms with E-state index in [4.69, 9.17) is 14.2 Å². The summed E-state index contributed by atoms with van der Waals surface area (Å²) in [7, 11) is 3.10. The van der Waals surface area contributed by atoms with Crippen LogP contribution in [0.25, 0.3) is 0 Å². The van der Waals surface area contributed by atoms with Crippen molar-refractivity contribution in [1.82, 2.24) is 0 Å². The summed E-state index contributed by atoms with van der Waals surface area (Å²) >= 11 is 0. The van der Waals surface area contributed by atoms with Gasteiger partial charge in [-0.05, 0) is 42.4 Å². The van der Waals surface area contributed by atoms with Crippen LogP contribution in [0.15, 0.2) is 65.9 Å². The van der Waals surface area contributed by atoms with E-state index in [9.17, 15) is 15.3 Å². The summed E-state index contributed by atoms with van der Waals surface area (Å²) in [6, 6.07) is 5.75. The predicted octanol–water partition coefficient (Wildman–Crippen LogP) is 6.17. The third kappa shape index (κ3) is 6.35. The van der Waals surface area contributed by atoms with E-state index in [1.54, 1.807) is 33.1 Å². The van der Waals surface area contributed by atoms with Crippen LogP contribution in [0.2, 0.25) is 0 Å². The quantitative estimate of drug-likeness (QED) is 0.363. The minimum absolute atomic E-state index is 0.145. The molecule has 1 aliphatic rings. The Labute approximate surface area is 197 Å². The van der Waals surface area contributed by atoms with E-state index in [2.05, 4.69) is 26.8 Å². The molecule has 1 aliphatic carbocycles. The highest BCUT2D eigenvalue weighted by Crippen LogP contribution is 2.43. The van der Waals surface area contributed by atoms with Crippen LogP contribution in [0.5, 0.6) is 11.5 Å². The fourth-order valence-corrected chi connectivity index (χ4v) is 3.84. The second-order valence-electron chi connectivity index (χ2n) is 9.15. The number of hydrogen-bond donors (Lipinski definition) is 3. The number of benzene rings is 1. The smallest absolute Gasteiger partial charge is 0.159 e. The fourth-order valence-electron chi connectivity index (χ4n) is 3.84. The third-order valence-corrected chi connectivity index (χ3v) is 6.64. The molecule has 6 nitrogen and oxygen atoms in total. The Hall–Kier alpha value is -2.86. The monoisotopic (exact) mass is 458 g/mol. The molecule has 6 heteroatoms. The number of aliphatic hydroxyl groups excluding tert-OH is 3. The minimum atomic E-state index is -0.589. The molecule has 0 aromatic heterocycles. The van der Waals surface area contributed by atoms with Gasteiger partial charge in [0, 0.05) is 18.7 Å². The normalized spacial score (nSPS) is 19.7. The summed E-state index contributed by atoms with van der Waals surface area (Å²) in [6.07, 6.45) is 8.84. The SMILES string of the molecule is COc1cc(OCC(C)/C(O)=C(/O)C(C)OC)ccc1C(C)(C)C(C)C1C=CC=C(O)C=C1. The molecule has 0 heterocycles. The lowest BCUT2D eigenvalue weighted by molar-refractivity contribution is 0.0921. The van der Waals surface area contributed by atoms with Gasteiger partial charge >= 0.3 is 0 Å². The van der Waals surface area contributed by atoms with Crippen LogP contribution in [-0.2, 0) is 10.2 Å². The maximum Gasteiger partial charge on any atom is 0.159 e. The predicted molar refractivity (Wildman–Crippen MR) is 131 cm³/mol. The molecule has 4 unspecified atom stereocenters. The zero-order valence-corrected chi connectivity index (χ0v) is 20.7. The highest BCUT2D eigenvalue weighted by molar-refractivity contribution is 5.45. The van der Waals surface area contributed by atoms with Crippen molar-refractivity contribution in [3.05, 3.63) is 71.4 Å². The Morgan fingerprint density at radius 3 is 2.39 bits per heavy atom. The third-order valence-electron chi connectivity index (χ3n) is 6.64. The van der Waals surface area contributed by atoms with Crippen LogP contribution in [0.1, 0.15) is 40.2 Å². The molecule has 3 N–H and O–H groups in total. The molecule has 0 radical (unpaired) electrons. The number of ether oxygens (including phenoxy) is 3. The van der Waals surface area contributed by atoms with Gasteiger partial charge in [-0.1, -0.05) is 52.0 Å². The van der Waals surface area contributed by atoms with Crippen molar-refractivity contribution < 1.29 is 29.5 Å². The van der Waals surface area contributed by atoms with E-state index in [0.717, 1.165) is 11.3 Å². The van der Waals surface area contributed by atoms with Crippen molar-refractivity contribution >= 4 is 0 Å². The van der Waals surface area contributed by atoms with Crippen molar-refractivity contribution in [3.63, 3.8) is 0 Å². The lowest BCUT2D eigenvalue weighted by Gasteiger charge is -2.36. The minimum Gasteiger partial charge on any atom is -0.508 e. The first kappa shape index (κ1) is 26.4. The van der Waals surface area contributed by atoms with Crippen molar-refractivity contribution in [2.24, 2.45) is 17.8 Å². The zero-order chi connectivity index (χ0) is 24.8. The summed E-state index contributed by atoms with van der Waals surface area (Å²) in [5.74, 6) is 1.20. The molecule has 2 rings (SSSR count). The van der Waals surface area contributed by atoms with E-state index in [1.165, 1.54) is 7.11 Å². The molecule has 0 amide bonds. The van der Waals surface area contributed by atoms with Crippen molar-refractivity contribution in [3.8, 4) is 11.5 Å². The first-order valence-electron chi connectivity index (χ1n) is 11.2. The highest BCUT2D eigenvalue weighted by atomic mass is 16.5. The molecule has 33 heavy (non-hydrogen) atoms. The molecule has 0 bridgehead atoms. The van der Waals surface area contributed by atoms with Crippen LogP contribution < -0.4 is 9.47 Å². The lowest BCUT2D eigenvalue weighted by Crippen LogP contribution is -2.31. The van der Waals surface area contributed by atoms with Crippen LogP contribution in [0, 0.1) is 17.8 Å². The van der Waals surface area contributed by atoms with E-state index in [1.807, 2.05) is 30.4 Å². The summed E-state index contributed by atoms with van der Waals surface area (Å²) in [6.45, 7) is 10.2. The van der Waals surface area contributed by atoms with E-state index < -0.39 is 12.0 Å². The van der Waals surface area contributed by atoms with Gasteiger partial charge in [0.25, 0.3) is 0 Å². The summed E-state index contributed by atoms with van der Waals surface area (Å²) in [5.41, 5.74) is 0.815. The van der Waals surface area contributed by atoms with Gasteiger partial charge in [-0.25, -0.2) is 0 Å². The van der Waals surface area contributed by atoms with Crippen LogP contribution >= 0.6 is 0 Å². The molecule has 0 aliphatic heterocycles. The van der Waals surface area contributed by atoms with Gasteiger partial charge in [0.15, 0.2) is 5.76 Å². The van der Waals surface area contributed by atoms with Crippen LogP contribution in [0.3, 0.4) is 0 Å². The van der Waals surface area contributed by atoms with Gasteiger partial charge in [-0.15, -0.1) is 0 Å². The van der Waals surface area contributed by atoms with E-state index in [-0.39, 0.29) is 41.1 Å². The molecule has 182 valence electrons. The summed E-state index contributed by atoms with van der Waals surface area (Å²) in [4.78, 5) is 0. The number of allylic oxidation sites excluding steroid dienone is 5. The maximum absolute atomic E-state index is 10.3. The van der Waals surface area contributed by atoms with Crippen LogP contribution in [-0.4, -0.2) is 42.3 Å². The molecular weight excluding hydrogens is 420 g/mol. The van der Waals surface area contributed by atoms with Crippen LogP contribution in [0.4, 0.5) is 0 Å². The Morgan fingerprint density at radius 1 is 1.06 bits per heavy atom. The standard InChI is InChI=1S/C27H38O6/c1-17(25(29)26(30)19(3)31-6)16-33-22-13-14-23(24(15-22)32-7)27(4,5)18(2)20-9-8-10-21(28)12-11-20/h8-15,17-20,28-30H,16H2,1-7H3/b26-25-. The Kier molecular flexibility index (Phi) is 9.06. The Morgan fingerprint density at radius 2 is 1.76 bits per heavy atom. The topological polar surface area (TPSA) is 88.4 Å². The molecule has 0 saturated carbocycles. The molecule has 1 aromatic carbocycles. The van der Waals surface area contributed by atoms with E-state index in [0.29, 0.717) is 5.75 Å². The van der Waals surface area contributed by atoms with Crippen molar-refractivity contribution in [2.45, 2.75) is 46.1 Å². The molecular formula is C27H38O6. The second-order valence-corrected chi connectivity index (χ2v) is 9.15. The van der Waals surface area contributed by atoms with E-state index >= 15 is 0 Å². The van der Waals surface area contributed by atoms with Crippen molar-refractivity contribution in [1.29, 1.82) is 0 Å². The molecule has 4 atom stereocenters. The second kappa shape index (κ2) is 11.3. The number of rotatable bonds is 10. The van der Waals surface area contributed by atoms with Crippen molar-refractivity contribution in [2.75, 3.05) is 20.8 Å². The fraction of sp³-hybridized carbons (Fsp3) is 0.481. The van der Waals surface area contributed by atoms with Gasteiger partial charge in [-0.2, -0.15) is 0 Å². The zero-order valence-electron chi connectivity index (χ0n) is 20.7. The maximum atomic E-state index is 10.3. The number of hydrogen-bond acceptors (Lipinski definition) is 6. The van der Waals surface area contributed by atoms with Gasteiger partial charge in [-0.3, -0.25) is 0 Å². The Balaban J connectivity index is 2.19. The highest BCUT2D eigenvalue weighted by Gasteiger charge is 2.34. The molecule has 0 spiro atoms. The first-order chi connectivity index (χ1) is 15.5. The van der Waals surface area contributed by atoms with Gasteiger partial charge in [0.1, 0.15) is 29.1 Å². The average Bonchev–Trinajstić information content (AvgIpc) is 3.04. The first-order valence-corrected chi connectivity index (χ1v) is 11.2. The molecule has 1 aromatic rings. The van der Waals surface area contributed by atoms with Gasteiger partial charge in [0.05, 0.1) is 19.6 Å². The Bertz CT molecular complexity index is 925. The van der Waals surface area contributed by atoms with Gasteiger partial charge in [0.2, 0.25) is 0 Å². The number of aliphatic hydroxyl groups is 3. The average molecular weight is 459 g/mol.